The Labute approximate surface area is 144 Å². The van der Waals surface area contributed by atoms with E-state index in [4.69, 9.17) is 0 Å². The normalized spacial score (nSPS) is 21.5. The molecular weight excluding hydrogens is 302 g/mol. The molecule has 5 heteroatoms. The summed E-state index contributed by atoms with van der Waals surface area (Å²) in [5.74, 6) is 0.407. The van der Waals surface area contributed by atoms with Gasteiger partial charge in [-0.15, -0.1) is 0 Å². The molecular formula is C19H29N3O2. The van der Waals surface area contributed by atoms with Crippen molar-refractivity contribution in [3.05, 3.63) is 35.4 Å². The molecule has 1 aliphatic carbocycles. The molecule has 2 aliphatic rings. The maximum atomic E-state index is 12.2. The molecule has 132 valence electrons. The molecule has 0 radical (unpaired) electrons. The van der Waals surface area contributed by atoms with E-state index in [-0.39, 0.29) is 18.7 Å². The third-order valence-corrected chi connectivity index (χ3v) is 5.55. The van der Waals surface area contributed by atoms with Crippen LogP contribution in [-0.2, 0) is 13.0 Å². The number of nitrogens with zero attached hydrogens (tertiary/aromatic N) is 1. The molecule has 2 atom stereocenters. The van der Waals surface area contributed by atoms with Crippen LogP contribution in [0.25, 0.3) is 0 Å². The summed E-state index contributed by atoms with van der Waals surface area (Å²) in [5, 5.41) is 15.5. The zero-order valence-electron chi connectivity index (χ0n) is 14.7. The molecule has 5 nitrogen and oxygen atoms in total. The molecule has 1 aromatic carbocycles. The van der Waals surface area contributed by atoms with Crippen molar-refractivity contribution < 1.29 is 9.90 Å². The third kappa shape index (κ3) is 3.90. The van der Waals surface area contributed by atoms with E-state index in [0.717, 1.165) is 32.4 Å². The van der Waals surface area contributed by atoms with Crippen LogP contribution in [-0.4, -0.2) is 47.3 Å². The Hall–Kier alpha value is -1.59. The molecule has 1 aliphatic heterocycles. The quantitative estimate of drug-likeness (QED) is 0.746. The van der Waals surface area contributed by atoms with Gasteiger partial charge in [0.15, 0.2) is 0 Å². The van der Waals surface area contributed by atoms with Gasteiger partial charge in [-0.3, -0.25) is 4.90 Å². The molecule has 1 heterocycles. The van der Waals surface area contributed by atoms with Crippen LogP contribution in [0.3, 0.4) is 0 Å². The first-order valence-electron chi connectivity index (χ1n) is 8.99. The average molecular weight is 331 g/mol. The summed E-state index contributed by atoms with van der Waals surface area (Å²) in [4.78, 5) is 14.6. The highest BCUT2D eigenvalue weighted by Crippen LogP contribution is 2.39. The molecule has 0 saturated heterocycles. The Morgan fingerprint density at radius 3 is 2.75 bits per heavy atom. The summed E-state index contributed by atoms with van der Waals surface area (Å²) in [6.45, 7) is 6.65. The van der Waals surface area contributed by atoms with Gasteiger partial charge in [0.2, 0.25) is 0 Å². The van der Waals surface area contributed by atoms with E-state index in [9.17, 15) is 9.90 Å². The minimum atomic E-state index is -0.489. The van der Waals surface area contributed by atoms with Crippen molar-refractivity contribution in [2.24, 2.45) is 5.92 Å². The summed E-state index contributed by atoms with van der Waals surface area (Å²) in [6.07, 6.45) is 3.23. The van der Waals surface area contributed by atoms with Crippen LogP contribution in [0, 0.1) is 5.92 Å². The van der Waals surface area contributed by atoms with Crippen molar-refractivity contribution in [2.45, 2.75) is 51.2 Å². The first-order valence-corrected chi connectivity index (χ1v) is 8.99. The monoisotopic (exact) mass is 331 g/mol. The molecule has 3 N–H and O–H groups in total. The fourth-order valence-corrected chi connectivity index (χ4v) is 3.56. The number of carbonyl (C=O) groups excluding carboxylic acids is 1. The number of aliphatic hydroxyl groups excluding tert-OH is 1. The topological polar surface area (TPSA) is 64.6 Å². The third-order valence-electron chi connectivity index (χ3n) is 5.55. The summed E-state index contributed by atoms with van der Waals surface area (Å²) in [5.41, 5.74) is 2.34. The van der Waals surface area contributed by atoms with Gasteiger partial charge in [-0.05, 0) is 50.2 Å². The first kappa shape index (κ1) is 17.2. The average Bonchev–Trinajstić information content (AvgIpc) is 3.44. The minimum Gasteiger partial charge on any atom is -0.394 e. The Balaban J connectivity index is 1.47. The van der Waals surface area contributed by atoms with E-state index in [1.807, 2.05) is 6.92 Å². The number of fused-ring (bicyclic) bond motifs is 1. The molecule has 0 spiro atoms. The molecule has 2 unspecified atom stereocenters. The standard InChI is InChI=1S/C19H29N3O2/c1-14(22-10-9-15-5-3-4-6-16(15)12-22)11-20-18(24)21-19(2,13-23)17-7-8-17/h3-6,14,17,23H,7-13H2,1-2H3,(H2,20,21,24). The summed E-state index contributed by atoms with van der Waals surface area (Å²) >= 11 is 0. The van der Waals surface area contributed by atoms with Crippen molar-refractivity contribution in [3.8, 4) is 0 Å². The van der Waals surface area contributed by atoms with Gasteiger partial charge in [-0.2, -0.15) is 0 Å². The predicted octanol–water partition coefficient (Wildman–Crippen LogP) is 1.89. The number of rotatable bonds is 6. The van der Waals surface area contributed by atoms with E-state index < -0.39 is 5.54 Å². The lowest BCUT2D eigenvalue weighted by Gasteiger charge is -2.34. The Kier molecular flexibility index (Phi) is 5.11. The van der Waals surface area contributed by atoms with Crippen LogP contribution in [0.4, 0.5) is 4.79 Å². The van der Waals surface area contributed by atoms with Crippen LogP contribution >= 0.6 is 0 Å². The van der Waals surface area contributed by atoms with E-state index in [1.165, 1.54) is 11.1 Å². The number of benzene rings is 1. The summed E-state index contributed by atoms with van der Waals surface area (Å²) in [6, 6.07) is 8.69. The molecule has 2 amide bonds. The van der Waals surface area contributed by atoms with E-state index in [1.54, 1.807) is 0 Å². The SMILES string of the molecule is CC(CNC(=O)NC(C)(CO)C1CC1)N1CCc2ccccc2C1. The van der Waals surface area contributed by atoms with Crippen molar-refractivity contribution in [1.29, 1.82) is 0 Å². The van der Waals surface area contributed by atoms with Crippen LogP contribution in [0.1, 0.15) is 37.8 Å². The largest absolute Gasteiger partial charge is 0.394 e. The zero-order valence-corrected chi connectivity index (χ0v) is 14.7. The summed E-state index contributed by atoms with van der Waals surface area (Å²) < 4.78 is 0. The highest BCUT2D eigenvalue weighted by Gasteiger charge is 2.42. The number of amides is 2. The smallest absolute Gasteiger partial charge is 0.315 e. The molecule has 3 rings (SSSR count). The van der Waals surface area contributed by atoms with Gasteiger partial charge in [-0.25, -0.2) is 4.79 Å². The van der Waals surface area contributed by atoms with Crippen molar-refractivity contribution in [2.75, 3.05) is 19.7 Å². The van der Waals surface area contributed by atoms with E-state index in [0.29, 0.717) is 12.5 Å². The van der Waals surface area contributed by atoms with Gasteiger partial charge < -0.3 is 15.7 Å². The number of hydrogen-bond acceptors (Lipinski definition) is 3. The van der Waals surface area contributed by atoms with Gasteiger partial charge in [-0.1, -0.05) is 24.3 Å². The number of nitrogens with one attached hydrogen (secondary N) is 2. The Morgan fingerprint density at radius 2 is 2.08 bits per heavy atom. The lowest BCUT2D eigenvalue weighted by atomic mass is 9.97. The minimum absolute atomic E-state index is 0.0104. The molecule has 1 saturated carbocycles. The highest BCUT2D eigenvalue weighted by atomic mass is 16.3. The fraction of sp³-hybridized carbons (Fsp3) is 0.632. The second kappa shape index (κ2) is 7.11. The molecule has 0 aromatic heterocycles. The van der Waals surface area contributed by atoms with Crippen molar-refractivity contribution >= 4 is 6.03 Å². The second-order valence-corrected chi connectivity index (χ2v) is 7.52. The molecule has 0 bridgehead atoms. The van der Waals surface area contributed by atoms with Crippen LogP contribution in [0.15, 0.2) is 24.3 Å². The van der Waals surface area contributed by atoms with Crippen LogP contribution in [0.2, 0.25) is 0 Å². The van der Waals surface area contributed by atoms with E-state index >= 15 is 0 Å². The second-order valence-electron chi connectivity index (χ2n) is 7.52. The number of urea groups is 1. The maximum Gasteiger partial charge on any atom is 0.315 e. The van der Waals surface area contributed by atoms with Crippen molar-refractivity contribution in [1.82, 2.24) is 15.5 Å². The maximum absolute atomic E-state index is 12.2. The fourth-order valence-electron chi connectivity index (χ4n) is 3.56. The van der Waals surface area contributed by atoms with Gasteiger partial charge in [0.05, 0.1) is 12.1 Å². The Morgan fingerprint density at radius 1 is 1.38 bits per heavy atom. The lowest BCUT2D eigenvalue weighted by Crippen LogP contribution is -2.55. The lowest BCUT2D eigenvalue weighted by molar-refractivity contribution is 0.151. The van der Waals surface area contributed by atoms with Crippen molar-refractivity contribution in [3.63, 3.8) is 0 Å². The van der Waals surface area contributed by atoms with Gasteiger partial charge in [0.25, 0.3) is 0 Å². The zero-order chi connectivity index (χ0) is 17.2. The summed E-state index contributed by atoms with van der Waals surface area (Å²) in [7, 11) is 0. The molecule has 24 heavy (non-hydrogen) atoms. The number of carbonyl (C=O) groups is 1. The van der Waals surface area contributed by atoms with Gasteiger partial charge in [0, 0.05) is 25.7 Å². The van der Waals surface area contributed by atoms with Gasteiger partial charge >= 0.3 is 6.03 Å². The predicted molar refractivity (Wildman–Crippen MR) is 94.8 cm³/mol. The Bertz CT molecular complexity index is 588. The molecule has 1 fully saturated rings. The van der Waals surface area contributed by atoms with Gasteiger partial charge in [0.1, 0.15) is 0 Å². The van der Waals surface area contributed by atoms with E-state index in [2.05, 4.69) is 46.7 Å². The first-order chi connectivity index (χ1) is 11.5. The van der Waals surface area contributed by atoms with Crippen LogP contribution < -0.4 is 10.6 Å². The highest BCUT2D eigenvalue weighted by molar-refractivity contribution is 5.74. The molecule has 1 aromatic rings. The number of aliphatic hydroxyl groups is 1. The number of hydrogen-bond donors (Lipinski definition) is 3. The van der Waals surface area contributed by atoms with Crippen LogP contribution in [0.5, 0.6) is 0 Å².